The van der Waals surface area contributed by atoms with Crippen LogP contribution in [0.1, 0.15) is 42.9 Å². The monoisotopic (exact) mass is 338 g/mol. The molecule has 4 heteroatoms. The Morgan fingerprint density at radius 2 is 1.68 bits per heavy atom. The second-order valence-electron chi connectivity index (χ2n) is 7.05. The number of ether oxygens (including phenoxy) is 1. The van der Waals surface area contributed by atoms with E-state index in [4.69, 9.17) is 4.74 Å². The molecule has 4 nitrogen and oxygen atoms in total. The van der Waals surface area contributed by atoms with Crippen LogP contribution < -0.4 is 0 Å². The topological polar surface area (TPSA) is 66.8 Å². The highest BCUT2D eigenvalue weighted by molar-refractivity contribution is 5.92. The zero-order valence-electron chi connectivity index (χ0n) is 14.0. The highest BCUT2D eigenvalue weighted by Crippen LogP contribution is 2.55. The normalized spacial score (nSPS) is 33.0. The maximum absolute atomic E-state index is 13.0. The highest BCUT2D eigenvalue weighted by atomic mass is 16.6. The second kappa shape index (κ2) is 6.06. The third-order valence-electron chi connectivity index (χ3n) is 5.68. The summed E-state index contributed by atoms with van der Waals surface area (Å²) >= 11 is 0. The number of fused-ring (bicyclic) bond motifs is 1. The first-order valence-electron chi connectivity index (χ1n) is 8.79. The molecule has 2 aromatic rings. The molecule has 0 bridgehead atoms. The van der Waals surface area contributed by atoms with E-state index in [2.05, 4.69) is 0 Å². The van der Waals surface area contributed by atoms with Crippen molar-refractivity contribution in [3.8, 4) is 0 Å². The fourth-order valence-electron chi connectivity index (χ4n) is 4.43. The molecule has 0 unspecified atom stereocenters. The summed E-state index contributed by atoms with van der Waals surface area (Å²) in [5, 5.41) is 22.1. The molecule has 1 aliphatic carbocycles. The molecule has 2 N–H and O–H groups in total. The van der Waals surface area contributed by atoms with Crippen LogP contribution >= 0.6 is 0 Å². The van der Waals surface area contributed by atoms with Crippen molar-refractivity contribution in [2.45, 2.75) is 49.1 Å². The first kappa shape index (κ1) is 16.5. The predicted octanol–water partition coefficient (Wildman–Crippen LogP) is 2.89. The Labute approximate surface area is 147 Å². The van der Waals surface area contributed by atoms with Gasteiger partial charge in [0.2, 0.25) is 0 Å². The molecule has 2 fully saturated rings. The average Bonchev–Trinajstić information content (AvgIpc) is 2.98. The lowest BCUT2D eigenvalue weighted by atomic mass is 9.63. The zero-order valence-corrected chi connectivity index (χ0v) is 14.0. The first-order chi connectivity index (χ1) is 12.1. The Bertz CT molecular complexity index is 760. The molecule has 4 atom stereocenters. The lowest BCUT2D eigenvalue weighted by molar-refractivity contribution is -0.239. The summed E-state index contributed by atoms with van der Waals surface area (Å²) in [6, 6.07) is 18.6. The zero-order chi connectivity index (χ0) is 17.5. The molecule has 0 spiro atoms. The number of benzene rings is 2. The van der Waals surface area contributed by atoms with Crippen LogP contribution in [0, 0.1) is 0 Å². The number of aliphatic hydroxyl groups is 2. The van der Waals surface area contributed by atoms with Crippen molar-refractivity contribution in [2.24, 2.45) is 0 Å². The largest absolute Gasteiger partial charge is 0.386 e. The van der Waals surface area contributed by atoms with Crippen molar-refractivity contribution in [3.63, 3.8) is 0 Å². The van der Waals surface area contributed by atoms with Gasteiger partial charge in [-0.25, -0.2) is 0 Å². The van der Waals surface area contributed by atoms with E-state index in [0.29, 0.717) is 19.3 Å². The van der Waals surface area contributed by atoms with Crippen LogP contribution in [0.4, 0.5) is 0 Å². The molecule has 1 saturated heterocycles. The van der Waals surface area contributed by atoms with E-state index >= 15 is 0 Å². The van der Waals surface area contributed by atoms with Crippen molar-refractivity contribution >= 4 is 5.78 Å². The Morgan fingerprint density at radius 1 is 1.04 bits per heavy atom. The molecular formula is C21H22O4. The number of rotatable bonds is 3. The summed E-state index contributed by atoms with van der Waals surface area (Å²) in [6.07, 6.45) is 0.180. The van der Waals surface area contributed by atoms with Gasteiger partial charge in [-0.1, -0.05) is 60.7 Å². The van der Waals surface area contributed by atoms with Gasteiger partial charge in [0.25, 0.3) is 0 Å². The van der Waals surface area contributed by atoms with Crippen LogP contribution in [0.3, 0.4) is 0 Å². The number of carbonyl (C=O) groups is 1. The van der Waals surface area contributed by atoms with Gasteiger partial charge >= 0.3 is 0 Å². The summed E-state index contributed by atoms with van der Waals surface area (Å²) in [7, 11) is 0. The van der Waals surface area contributed by atoms with E-state index in [0.717, 1.165) is 11.1 Å². The summed E-state index contributed by atoms with van der Waals surface area (Å²) in [4.78, 5) is 13.0. The lowest BCUT2D eigenvalue weighted by Crippen LogP contribution is -2.56. The van der Waals surface area contributed by atoms with Crippen LogP contribution in [0.2, 0.25) is 0 Å². The molecule has 1 heterocycles. The highest BCUT2D eigenvalue weighted by Gasteiger charge is 2.65. The maximum Gasteiger partial charge on any atom is 0.182 e. The minimum atomic E-state index is -1.57. The van der Waals surface area contributed by atoms with Gasteiger partial charge in [-0.3, -0.25) is 4.79 Å². The van der Waals surface area contributed by atoms with Crippen molar-refractivity contribution in [3.05, 3.63) is 71.8 Å². The third-order valence-corrected chi connectivity index (χ3v) is 5.68. The van der Waals surface area contributed by atoms with E-state index < -0.39 is 23.4 Å². The molecule has 1 aliphatic heterocycles. The van der Waals surface area contributed by atoms with Crippen LogP contribution in [-0.4, -0.2) is 27.9 Å². The Balaban J connectivity index is 1.76. The molecule has 1 saturated carbocycles. The van der Waals surface area contributed by atoms with E-state index in [1.807, 2.05) is 60.7 Å². The van der Waals surface area contributed by atoms with Gasteiger partial charge < -0.3 is 14.9 Å². The van der Waals surface area contributed by atoms with Gasteiger partial charge in [-0.05, 0) is 24.0 Å². The molecular weight excluding hydrogens is 316 g/mol. The van der Waals surface area contributed by atoms with Crippen LogP contribution in [0.15, 0.2) is 60.7 Å². The van der Waals surface area contributed by atoms with Crippen molar-refractivity contribution in [1.82, 2.24) is 0 Å². The number of hydrogen-bond acceptors (Lipinski definition) is 4. The van der Waals surface area contributed by atoms with Gasteiger partial charge in [-0.15, -0.1) is 0 Å². The van der Waals surface area contributed by atoms with Crippen LogP contribution in [0.25, 0.3) is 0 Å². The van der Waals surface area contributed by atoms with Gasteiger partial charge in [-0.2, -0.15) is 0 Å². The van der Waals surface area contributed by atoms with Gasteiger partial charge in [0.05, 0.1) is 6.10 Å². The molecule has 2 aliphatic rings. The van der Waals surface area contributed by atoms with E-state index in [-0.39, 0.29) is 12.2 Å². The van der Waals surface area contributed by atoms with Crippen LogP contribution in [-0.2, 0) is 14.9 Å². The Kier molecular flexibility index (Phi) is 3.99. The fraction of sp³-hybridized carbons (Fsp3) is 0.381. The number of Topliss-reactive ketones (excluding diaryl/α,β-unsaturated/α-hetero) is 1. The van der Waals surface area contributed by atoms with E-state index in [1.165, 1.54) is 0 Å². The molecule has 130 valence electrons. The standard InChI is InChI=1S/C21H22O4/c22-18-12-7-13-21(24)20(18,16-10-5-2-6-11-16)14-17(25-21)19(23)15-8-3-1-4-9-15/h1-6,8-11,17,19,23-24H,7,12-14H2/t17-,19-,20+,21+/m0/s1. The summed E-state index contributed by atoms with van der Waals surface area (Å²) in [6.45, 7) is 0. The first-order valence-corrected chi connectivity index (χ1v) is 8.79. The summed E-state index contributed by atoms with van der Waals surface area (Å²) < 4.78 is 5.98. The quantitative estimate of drug-likeness (QED) is 0.903. The molecule has 0 radical (unpaired) electrons. The fourth-order valence-corrected chi connectivity index (χ4v) is 4.43. The molecule has 2 aromatic carbocycles. The van der Waals surface area contributed by atoms with E-state index in [9.17, 15) is 15.0 Å². The summed E-state index contributed by atoms with van der Waals surface area (Å²) in [5.41, 5.74) is 0.391. The van der Waals surface area contributed by atoms with Crippen LogP contribution in [0.5, 0.6) is 0 Å². The maximum atomic E-state index is 13.0. The number of carbonyl (C=O) groups excluding carboxylic acids is 1. The minimum Gasteiger partial charge on any atom is -0.386 e. The second-order valence-corrected chi connectivity index (χ2v) is 7.05. The molecule has 0 aromatic heterocycles. The summed E-state index contributed by atoms with van der Waals surface area (Å²) in [5.74, 6) is -1.57. The van der Waals surface area contributed by atoms with Gasteiger partial charge in [0.15, 0.2) is 5.79 Å². The minimum absolute atomic E-state index is 0.00443. The van der Waals surface area contributed by atoms with Crippen molar-refractivity contribution < 1.29 is 19.7 Å². The number of hydrogen-bond donors (Lipinski definition) is 2. The average molecular weight is 338 g/mol. The van der Waals surface area contributed by atoms with Crippen molar-refractivity contribution in [2.75, 3.05) is 0 Å². The number of ketones is 1. The Hall–Kier alpha value is -2.01. The molecule has 4 rings (SSSR count). The Morgan fingerprint density at radius 3 is 2.36 bits per heavy atom. The lowest BCUT2D eigenvalue weighted by Gasteiger charge is -2.43. The molecule has 25 heavy (non-hydrogen) atoms. The van der Waals surface area contributed by atoms with Gasteiger partial charge in [0.1, 0.15) is 17.3 Å². The van der Waals surface area contributed by atoms with E-state index in [1.54, 1.807) is 0 Å². The third kappa shape index (κ3) is 2.44. The smallest absolute Gasteiger partial charge is 0.182 e. The number of aliphatic hydroxyl groups excluding tert-OH is 1. The van der Waals surface area contributed by atoms with Gasteiger partial charge in [0, 0.05) is 12.8 Å². The predicted molar refractivity (Wildman–Crippen MR) is 92.8 cm³/mol. The van der Waals surface area contributed by atoms with Crippen molar-refractivity contribution in [1.29, 1.82) is 0 Å². The molecule has 0 amide bonds. The SMILES string of the molecule is O=C1CCC[C@@]2(O)O[C@H]([C@@H](O)c3ccccc3)C[C@@]12c1ccccc1.